The molecule has 3 rings (SSSR count). The average Bonchev–Trinajstić information content (AvgIpc) is 2.36. The second-order valence-electron chi connectivity index (χ2n) is 4.53. The number of benzene rings is 2. The van der Waals surface area contributed by atoms with Crippen molar-refractivity contribution in [3.63, 3.8) is 0 Å². The Morgan fingerprint density at radius 3 is 2.29 bits per heavy atom. The van der Waals surface area contributed by atoms with Crippen LogP contribution in [-0.4, -0.2) is 10.2 Å². The number of hydrogen-bond donors (Lipinski definition) is 2. The molecule has 0 unspecified atom stereocenters. The highest BCUT2D eigenvalue weighted by Crippen LogP contribution is 2.42. The molecular weight excluding hydrogens is 212 g/mol. The summed E-state index contributed by atoms with van der Waals surface area (Å²) in [7, 11) is 0. The standard InChI is InChI=1S/C15H14O2/c1-9-5-4-8-12-13(9)15(17)11-7-3-2-6-10(11)14(12)16/h2-5,8,16-17H,6-7H2,1H3. The van der Waals surface area contributed by atoms with Gasteiger partial charge in [0.05, 0.1) is 0 Å². The Labute approximate surface area is 99.8 Å². The highest BCUT2D eigenvalue weighted by molar-refractivity contribution is 5.98. The van der Waals surface area contributed by atoms with Gasteiger partial charge in [0.15, 0.2) is 0 Å². The Morgan fingerprint density at radius 2 is 1.59 bits per heavy atom. The topological polar surface area (TPSA) is 40.5 Å². The summed E-state index contributed by atoms with van der Waals surface area (Å²) in [5, 5.41) is 22.2. The monoisotopic (exact) mass is 226 g/mol. The summed E-state index contributed by atoms with van der Waals surface area (Å²) in [6, 6.07) is 5.71. The zero-order valence-corrected chi connectivity index (χ0v) is 9.70. The molecule has 0 atom stereocenters. The van der Waals surface area contributed by atoms with E-state index in [4.69, 9.17) is 0 Å². The maximum absolute atomic E-state index is 10.4. The van der Waals surface area contributed by atoms with Crippen LogP contribution in [0.5, 0.6) is 11.5 Å². The predicted octanol–water partition coefficient (Wildman–Crippen LogP) is 3.21. The first-order valence-corrected chi connectivity index (χ1v) is 5.80. The van der Waals surface area contributed by atoms with Crippen molar-refractivity contribution in [1.29, 1.82) is 0 Å². The highest BCUT2D eigenvalue weighted by atomic mass is 16.3. The fourth-order valence-corrected chi connectivity index (χ4v) is 2.62. The van der Waals surface area contributed by atoms with Crippen molar-refractivity contribution in [3.8, 4) is 11.5 Å². The molecule has 17 heavy (non-hydrogen) atoms. The van der Waals surface area contributed by atoms with Crippen molar-refractivity contribution in [2.45, 2.75) is 19.8 Å². The second kappa shape index (κ2) is 3.52. The van der Waals surface area contributed by atoms with Gasteiger partial charge in [0, 0.05) is 21.9 Å². The summed E-state index contributed by atoms with van der Waals surface area (Å²) in [6.45, 7) is 1.95. The molecule has 0 radical (unpaired) electrons. The third-order valence-corrected chi connectivity index (χ3v) is 3.51. The van der Waals surface area contributed by atoms with Crippen LogP contribution in [0.2, 0.25) is 0 Å². The minimum absolute atomic E-state index is 0.320. The number of hydrogen-bond acceptors (Lipinski definition) is 2. The molecule has 2 aromatic carbocycles. The van der Waals surface area contributed by atoms with Crippen LogP contribution in [0.25, 0.3) is 10.8 Å². The van der Waals surface area contributed by atoms with Crippen molar-refractivity contribution in [1.82, 2.24) is 0 Å². The van der Waals surface area contributed by atoms with E-state index < -0.39 is 0 Å². The van der Waals surface area contributed by atoms with Crippen molar-refractivity contribution in [3.05, 3.63) is 47.0 Å². The van der Waals surface area contributed by atoms with E-state index >= 15 is 0 Å². The minimum Gasteiger partial charge on any atom is -0.507 e. The summed E-state index contributed by atoms with van der Waals surface area (Å²) in [6.07, 6.45) is 5.45. The molecule has 0 heterocycles. The fourth-order valence-electron chi connectivity index (χ4n) is 2.62. The van der Waals surface area contributed by atoms with Crippen LogP contribution in [0.1, 0.15) is 16.7 Å². The Bertz CT molecular complexity index is 639. The number of fused-ring (bicyclic) bond motifs is 2. The normalized spacial score (nSPS) is 13.9. The van der Waals surface area contributed by atoms with E-state index in [1.54, 1.807) is 0 Å². The molecule has 0 saturated carbocycles. The summed E-state index contributed by atoms with van der Waals surface area (Å²) in [4.78, 5) is 0. The lowest BCUT2D eigenvalue weighted by Gasteiger charge is -2.18. The largest absolute Gasteiger partial charge is 0.507 e. The number of allylic oxidation sites excluding steroid dienone is 2. The van der Waals surface area contributed by atoms with Gasteiger partial charge in [-0.1, -0.05) is 30.4 Å². The summed E-state index contributed by atoms with van der Waals surface area (Å²) in [5.74, 6) is 0.649. The Hall–Kier alpha value is -1.96. The van der Waals surface area contributed by atoms with Gasteiger partial charge in [-0.05, 0) is 25.3 Å². The quantitative estimate of drug-likeness (QED) is 0.535. The van der Waals surface area contributed by atoms with Crippen molar-refractivity contribution in [2.24, 2.45) is 0 Å². The summed E-state index contributed by atoms with van der Waals surface area (Å²) in [5.41, 5.74) is 2.72. The molecule has 2 heteroatoms. The average molecular weight is 226 g/mol. The van der Waals surface area contributed by atoms with Crippen LogP contribution in [0.3, 0.4) is 0 Å². The highest BCUT2D eigenvalue weighted by Gasteiger charge is 2.19. The molecule has 0 aromatic heterocycles. The van der Waals surface area contributed by atoms with E-state index in [9.17, 15) is 10.2 Å². The van der Waals surface area contributed by atoms with Crippen LogP contribution >= 0.6 is 0 Å². The predicted molar refractivity (Wildman–Crippen MR) is 68.6 cm³/mol. The van der Waals surface area contributed by atoms with Crippen LogP contribution in [0, 0.1) is 6.92 Å². The lowest BCUT2D eigenvalue weighted by atomic mass is 9.89. The SMILES string of the molecule is Cc1cccc2c(O)c3c(c(O)c12)CC=CC3. The van der Waals surface area contributed by atoms with Gasteiger partial charge in [0.25, 0.3) is 0 Å². The minimum atomic E-state index is 0.320. The van der Waals surface area contributed by atoms with E-state index in [1.807, 2.05) is 37.3 Å². The van der Waals surface area contributed by atoms with Gasteiger partial charge in [0.2, 0.25) is 0 Å². The van der Waals surface area contributed by atoms with Crippen molar-refractivity contribution >= 4 is 10.8 Å². The molecule has 0 fully saturated rings. The fraction of sp³-hybridized carbons (Fsp3) is 0.200. The van der Waals surface area contributed by atoms with Gasteiger partial charge >= 0.3 is 0 Å². The van der Waals surface area contributed by atoms with Crippen molar-refractivity contribution in [2.75, 3.05) is 0 Å². The lowest BCUT2D eigenvalue weighted by Crippen LogP contribution is -2.00. The number of aryl methyl sites for hydroxylation is 1. The number of aromatic hydroxyl groups is 2. The summed E-state index contributed by atoms with van der Waals surface area (Å²) < 4.78 is 0. The molecule has 2 N–H and O–H groups in total. The van der Waals surface area contributed by atoms with Gasteiger partial charge in [-0.2, -0.15) is 0 Å². The molecule has 1 aliphatic rings. The molecule has 2 nitrogen and oxygen atoms in total. The molecule has 0 spiro atoms. The van der Waals surface area contributed by atoms with Gasteiger partial charge in [-0.25, -0.2) is 0 Å². The first-order valence-electron chi connectivity index (χ1n) is 5.80. The lowest BCUT2D eigenvalue weighted by molar-refractivity contribution is 0.459. The van der Waals surface area contributed by atoms with Gasteiger partial charge in [-0.15, -0.1) is 0 Å². The molecule has 2 aromatic rings. The van der Waals surface area contributed by atoms with E-state index in [0.717, 1.165) is 27.5 Å². The Balaban J connectivity index is 2.50. The first-order chi connectivity index (χ1) is 8.20. The van der Waals surface area contributed by atoms with Crippen molar-refractivity contribution < 1.29 is 10.2 Å². The van der Waals surface area contributed by atoms with Gasteiger partial charge < -0.3 is 10.2 Å². The molecular formula is C15H14O2. The molecule has 86 valence electrons. The van der Waals surface area contributed by atoms with E-state index in [2.05, 4.69) is 0 Å². The smallest absolute Gasteiger partial charge is 0.127 e. The van der Waals surface area contributed by atoms with Gasteiger partial charge in [0.1, 0.15) is 11.5 Å². The van der Waals surface area contributed by atoms with Gasteiger partial charge in [-0.3, -0.25) is 0 Å². The number of phenols is 2. The maximum Gasteiger partial charge on any atom is 0.127 e. The maximum atomic E-state index is 10.4. The van der Waals surface area contributed by atoms with Crippen LogP contribution in [-0.2, 0) is 12.8 Å². The molecule has 0 amide bonds. The van der Waals surface area contributed by atoms with Crippen LogP contribution < -0.4 is 0 Å². The Kier molecular flexibility index (Phi) is 2.11. The second-order valence-corrected chi connectivity index (χ2v) is 4.53. The van der Waals surface area contributed by atoms with E-state index in [-0.39, 0.29) is 0 Å². The zero-order valence-electron chi connectivity index (χ0n) is 9.70. The van der Waals surface area contributed by atoms with Crippen LogP contribution in [0.4, 0.5) is 0 Å². The molecule has 0 aliphatic heterocycles. The number of rotatable bonds is 0. The molecule has 0 saturated heterocycles. The van der Waals surface area contributed by atoms with Crippen LogP contribution in [0.15, 0.2) is 30.4 Å². The number of phenolic OH excluding ortho intramolecular Hbond substituents is 2. The zero-order chi connectivity index (χ0) is 12.0. The molecule has 0 bridgehead atoms. The third kappa shape index (κ3) is 1.34. The van der Waals surface area contributed by atoms with E-state index in [0.29, 0.717) is 24.3 Å². The Morgan fingerprint density at radius 1 is 0.941 bits per heavy atom. The third-order valence-electron chi connectivity index (χ3n) is 3.51. The molecule has 1 aliphatic carbocycles. The van der Waals surface area contributed by atoms with E-state index in [1.165, 1.54) is 0 Å². The summed E-state index contributed by atoms with van der Waals surface area (Å²) >= 11 is 0. The first kappa shape index (κ1) is 10.2.